The Morgan fingerprint density at radius 3 is 2.50 bits per heavy atom. The van der Waals surface area contributed by atoms with Gasteiger partial charge in [-0.3, -0.25) is 10.1 Å². The van der Waals surface area contributed by atoms with Crippen molar-refractivity contribution < 1.29 is 9.59 Å². The van der Waals surface area contributed by atoms with Crippen molar-refractivity contribution in [3.8, 4) is 0 Å². The average Bonchev–Trinajstić information content (AvgIpc) is 3.05. The smallest absolute Gasteiger partial charge is 0.321 e. The van der Waals surface area contributed by atoms with E-state index in [0.717, 1.165) is 37.0 Å². The first-order valence-electron chi connectivity index (χ1n) is 9.92. The Kier molecular flexibility index (Phi) is 5.64. The summed E-state index contributed by atoms with van der Waals surface area (Å²) in [5, 5.41) is 17.1. The third-order valence-corrected chi connectivity index (χ3v) is 8.17. The summed E-state index contributed by atoms with van der Waals surface area (Å²) in [6.45, 7) is 6.03. The molecule has 4 bridgehead atoms. The first-order valence-corrected chi connectivity index (χ1v) is 11.6. The Balaban J connectivity index is 1.28. The second-order valence-electron chi connectivity index (χ2n) is 8.44. The number of hydrogen-bond donors (Lipinski definition) is 3. The number of aromatic nitrogens is 2. The molecule has 0 saturated heterocycles. The third-order valence-electron chi connectivity index (χ3n) is 6.10. The fourth-order valence-corrected chi connectivity index (χ4v) is 7.35. The molecular weight excluding hydrogens is 394 g/mol. The van der Waals surface area contributed by atoms with Crippen LogP contribution in [0.5, 0.6) is 0 Å². The number of carbonyl (C=O) groups is 2. The molecule has 0 radical (unpaired) electrons. The van der Waals surface area contributed by atoms with E-state index in [1.807, 2.05) is 0 Å². The maximum Gasteiger partial charge on any atom is 0.321 e. The van der Waals surface area contributed by atoms with Gasteiger partial charge in [0.25, 0.3) is 0 Å². The molecule has 0 spiro atoms. The molecule has 4 saturated carbocycles. The first-order chi connectivity index (χ1) is 13.4. The molecule has 28 heavy (non-hydrogen) atoms. The molecule has 1 aromatic heterocycles. The van der Waals surface area contributed by atoms with Gasteiger partial charge < -0.3 is 10.6 Å². The fraction of sp³-hybridized carbons (Fsp3) is 0.684. The average molecular weight is 422 g/mol. The van der Waals surface area contributed by atoms with Crippen LogP contribution in [0.4, 0.5) is 9.93 Å². The van der Waals surface area contributed by atoms with Gasteiger partial charge in [-0.15, -0.1) is 16.8 Å². The topological polar surface area (TPSA) is 96.0 Å². The van der Waals surface area contributed by atoms with Crippen LogP contribution in [0.3, 0.4) is 0 Å². The van der Waals surface area contributed by atoms with Gasteiger partial charge in [0.05, 0.1) is 5.25 Å². The van der Waals surface area contributed by atoms with E-state index in [2.05, 4.69) is 32.7 Å². The summed E-state index contributed by atoms with van der Waals surface area (Å²) in [4.78, 5) is 25.0. The van der Waals surface area contributed by atoms with Crippen molar-refractivity contribution in [2.24, 2.45) is 17.8 Å². The van der Waals surface area contributed by atoms with Gasteiger partial charge in [-0.05, 0) is 63.2 Å². The number of rotatable bonds is 7. The number of imide groups is 1. The normalized spacial score (nSPS) is 31.2. The van der Waals surface area contributed by atoms with Gasteiger partial charge in [0.1, 0.15) is 0 Å². The SMILES string of the molecule is C=CCNc1nnc(S[C@@H](C)C(=O)NC(=O)NC23CC4CC(CC(C4)C2)C3)s1. The molecule has 4 fully saturated rings. The van der Waals surface area contributed by atoms with E-state index in [1.54, 1.807) is 13.0 Å². The second-order valence-corrected chi connectivity index (χ2v) is 11.0. The predicted octanol–water partition coefficient (Wildman–Crippen LogP) is 3.41. The molecule has 152 valence electrons. The zero-order valence-electron chi connectivity index (χ0n) is 16.1. The molecular formula is C19H27N5O2S2. The van der Waals surface area contributed by atoms with Gasteiger partial charge >= 0.3 is 6.03 Å². The minimum Gasteiger partial charge on any atom is -0.357 e. The summed E-state index contributed by atoms with van der Waals surface area (Å²) >= 11 is 2.69. The number of anilines is 1. The van der Waals surface area contributed by atoms with E-state index in [4.69, 9.17) is 0 Å². The number of nitrogens with one attached hydrogen (secondary N) is 3. The van der Waals surface area contributed by atoms with Gasteiger partial charge in [0.15, 0.2) is 4.34 Å². The van der Waals surface area contributed by atoms with E-state index < -0.39 is 5.25 Å². The molecule has 0 aromatic carbocycles. The summed E-state index contributed by atoms with van der Waals surface area (Å²) < 4.78 is 0.690. The summed E-state index contributed by atoms with van der Waals surface area (Å²) in [7, 11) is 0. The second kappa shape index (κ2) is 8.02. The maximum atomic E-state index is 12.5. The Morgan fingerprint density at radius 2 is 1.89 bits per heavy atom. The molecule has 9 heteroatoms. The van der Waals surface area contributed by atoms with Gasteiger partial charge in [0.2, 0.25) is 11.0 Å². The first kappa shape index (κ1) is 19.7. The maximum absolute atomic E-state index is 12.5. The number of thioether (sulfide) groups is 1. The van der Waals surface area contributed by atoms with Crippen LogP contribution in [-0.2, 0) is 4.79 Å². The summed E-state index contributed by atoms with van der Waals surface area (Å²) in [5.41, 5.74) is -0.0968. The Morgan fingerprint density at radius 1 is 1.25 bits per heavy atom. The summed E-state index contributed by atoms with van der Waals surface area (Å²) in [5.74, 6) is 1.94. The molecule has 3 N–H and O–H groups in total. The van der Waals surface area contributed by atoms with Crippen LogP contribution in [0.25, 0.3) is 0 Å². The van der Waals surface area contributed by atoms with Crippen LogP contribution in [0, 0.1) is 17.8 Å². The molecule has 5 rings (SSSR count). The van der Waals surface area contributed by atoms with E-state index in [0.29, 0.717) is 16.0 Å². The lowest BCUT2D eigenvalue weighted by Crippen LogP contribution is -2.62. The highest BCUT2D eigenvalue weighted by atomic mass is 32.2. The molecule has 1 aromatic rings. The monoisotopic (exact) mass is 421 g/mol. The zero-order valence-corrected chi connectivity index (χ0v) is 17.7. The van der Waals surface area contributed by atoms with Crippen molar-refractivity contribution in [2.45, 2.75) is 60.6 Å². The lowest BCUT2D eigenvalue weighted by Gasteiger charge is -2.56. The van der Waals surface area contributed by atoms with Crippen LogP contribution in [-0.4, -0.2) is 39.5 Å². The zero-order chi connectivity index (χ0) is 19.7. The highest BCUT2D eigenvalue weighted by Crippen LogP contribution is 2.55. The fourth-order valence-electron chi connectivity index (χ4n) is 5.44. The number of carbonyl (C=O) groups excluding carboxylic acids is 2. The Hall–Kier alpha value is -1.61. The number of amides is 3. The minimum atomic E-state index is -0.428. The van der Waals surface area contributed by atoms with Crippen LogP contribution >= 0.6 is 23.1 Å². The van der Waals surface area contributed by atoms with Crippen LogP contribution in [0.1, 0.15) is 45.4 Å². The van der Waals surface area contributed by atoms with E-state index in [-0.39, 0.29) is 17.5 Å². The van der Waals surface area contributed by atoms with Crippen molar-refractivity contribution in [3.05, 3.63) is 12.7 Å². The number of nitrogens with zero attached hydrogens (tertiary/aromatic N) is 2. The van der Waals surface area contributed by atoms with Crippen LogP contribution in [0.15, 0.2) is 17.0 Å². The lowest BCUT2D eigenvalue weighted by atomic mass is 9.53. The molecule has 1 atom stereocenters. The predicted molar refractivity (Wildman–Crippen MR) is 111 cm³/mol. The van der Waals surface area contributed by atoms with Gasteiger partial charge in [-0.1, -0.05) is 29.2 Å². The highest BCUT2D eigenvalue weighted by molar-refractivity contribution is 8.02. The van der Waals surface area contributed by atoms with E-state index in [1.165, 1.54) is 42.4 Å². The van der Waals surface area contributed by atoms with Crippen molar-refractivity contribution in [1.82, 2.24) is 20.8 Å². The minimum absolute atomic E-state index is 0.0968. The molecule has 0 aliphatic heterocycles. The largest absolute Gasteiger partial charge is 0.357 e. The molecule has 1 heterocycles. The van der Waals surface area contributed by atoms with Crippen molar-refractivity contribution in [2.75, 3.05) is 11.9 Å². The van der Waals surface area contributed by atoms with Crippen LogP contribution in [0.2, 0.25) is 0 Å². The highest BCUT2D eigenvalue weighted by Gasteiger charge is 2.51. The molecule has 4 aliphatic carbocycles. The lowest BCUT2D eigenvalue weighted by molar-refractivity contribution is -0.119. The van der Waals surface area contributed by atoms with Crippen molar-refractivity contribution >= 4 is 40.2 Å². The van der Waals surface area contributed by atoms with Gasteiger partial charge in [-0.2, -0.15) is 0 Å². The number of hydrogen-bond acceptors (Lipinski definition) is 7. The molecule has 4 aliphatic rings. The molecule has 0 unspecified atom stereocenters. The summed E-state index contributed by atoms with van der Waals surface area (Å²) in [6, 6.07) is -0.356. The van der Waals surface area contributed by atoms with Crippen molar-refractivity contribution in [3.63, 3.8) is 0 Å². The standard InChI is InChI=1S/C19H27N5O2S2/c1-3-4-20-17-23-24-18(28-17)27-11(2)15(25)21-16(26)22-19-8-12-5-13(9-19)7-14(6-12)10-19/h3,11-14H,1,4-10H2,2H3,(H,20,23)(H2,21,22,25,26)/t11-,12?,13?,14?,19?/m0/s1. The Bertz CT molecular complexity index is 730. The molecule has 7 nitrogen and oxygen atoms in total. The van der Waals surface area contributed by atoms with E-state index >= 15 is 0 Å². The van der Waals surface area contributed by atoms with Gasteiger partial charge in [-0.25, -0.2) is 4.79 Å². The Labute approximate surface area is 173 Å². The molecule has 3 amide bonds. The quantitative estimate of drug-likeness (QED) is 0.461. The van der Waals surface area contributed by atoms with Crippen molar-refractivity contribution in [1.29, 1.82) is 0 Å². The summed E-state index contributed by atoms with van der Waals surface area (Å²) in [6.07, 6.45) is 8.90. The third kappa shape index (κ3) is 4.35. The van der Waals surface area contributed by atoms with Crippen LogP contribution < -0.4 is 16.0 Å². The van der Waals surface area contributed by atoms with Gasteiger partial charge in [0, 0.05) is 12.1 Å². The van der Waals surface area contributed by atoms with E-state index in [9.17, 15) is 9.59 Å². The number of urea groups is 1.